The fourth-order valence-corrected chi connectivity index (χ4v) is 3.34. The molecule has 0 N–H and O–H groups in total. The van der Waals surface area contributed by atoms with E-state index < -0.39 is 11.7 Å². The highest BCUT2D eigenvalue weighted by atomic mass is 19.4. The minimum absolute atomic E-state index is 0.317. The van der Waals surface area contributed by atoms with Crippen LogP contribution in [0.2, 0.25) is 0 Å². The number of fused-ring (bicyclic) bond motifs is 1. The van der Waals surface area contributed by atoms with Crippen molar-refractivity contribution in [2.24, 2.45) is 0 Å². The second kappa shape index (κ2) is 7.86. The highest BCUT2D eigenvalue weighted by molar-refractivity contribution is 5.83. The first kappa shape index (κ1) is 20.6. The molecule has 1 aromatic heterocycles. The molecule has 3 aromatic carbocycles. The molecule has 0 radical (unpaired) electrons. The lowest BCUT2D eigenvalue weighted by molar-refractivity contribution is -0.137. The Morgan fingerprint density at radius 2 is 1.45 bits per heavy atom. The number of ether oxygens (including phenoxy) is 3. The van der Waals surface area contributed by atoms with E-state index in [4.69, 9.17) is 18.6 Å². The van der Waals surface area contributed by atoms with Crippen LogP contribution in [0.4, 0.5) is 13.2 Å². The van der Waals surface area contributed by atoms with Gasteiger partial charge in [-0.15, -0.1) is 0 Å². The summed E-state index contributed by atoms with van der Waals surface area (Å²) in [6.45, 7) is 0. The SMILES string of the molecule is COc1ccc(-c2nc3ccc(-c4ccc(C(F)(F)F)cc4)cc3o2)c(OC)c1OC. The number of aromatic nitrogens is 1. The van der Waals surface area contributed by atoms with Gasteiger partial charge in [0.25, 0.3) is 0 Å². The molecule has 0 saturated carbocycles. The minimum atomic E-state index is -4.37. The van der Waals surface area contributed by atoms with Gasteiger partial charge in [-0.25, -0.2) is 4.98 Å². The van der Waals surface area contributed by atoms with Crippen LogP contribution in [-0.4, -0.2) is 26.3 Å². The third-order valence-electron chi connectivity index (χ3n) is 4.87. The molecule has 0 atom stereocenters. The first-order chi connectivity index (χ1) is 14.9. The van der Waals surface area contributed by atoms with Crippen molar-refractivity contribution in [3.8, 4) is 39.8 Å². The van der Waals surface area contributed by atoms with Crippen LogP contribution in [0.15, 0.2) is 59.0 Å². The first-order valence-corrected chi connectivity index (χ1v) is 9.23. The molecule has 1 heterocycles. The molecule has 0 aliphatic rings. The number of nitrogens with zero attached hydrogens (tertiary/aromatic N) is 1. The van der Waals surface area contributed by atoms with Gasteiger partial charge in [0.15, 0.2) is 17.1 Å². The third kappa shape index (κ3) is 3.76. The van der Waals surface area contributed by atoms with Crippen molar-refractivity contribution in [1.82, 2.24) is 4.98 Å². The summed E-state index contributed by atoms with van der Waals surface area (Å²) in [5, 5.41) is 0. The Labute approximate surface area is 176 Å². The van der Waals surface area contributed by atoms with Crippen LogP contribution in [0.3, 0.4) is 0 Å². The van der Waals surface area contributed by atoms with Gasteiger partial charge < -0.3 is 18.6 Å². The number of benzene rings is 3. The third-order valence-corrected chi connectivity index (χ3v) is 4.87. The topological polar surface area (TPSA) is 53.7 Å². The number of hydrogen-bond acceptors (Lipinski definition) is 5. The highest BCUT2D eigenvalue weighted by Gasteiger charge is 2.30. The Hall–Kier alpha value is -3.68. The molecule has 8 heteroatoms. The van der Waals surface area contributed by atoms with Crippen molar-refractivity contribution in [3.05, 3.63) is 60.2 Å². The van der Waals surface area contributed by atoms with Gasteiger partial charge in [0.2, 0.25) is 11.6 Å². The van der Waals surface area contributed by atoms with Crippen molar-refractivity contribution < 1.29 is 31.8 Å². The number of halogens is 3. The minimum Gasteiger partial charge on any atom is -0.493 e. The van der Waals surface area contributed by atoms with E-state index in [0.717, 1.165) is 12.1 Å². The van der Waals surface area contributed by atoms with E-state index in [1.807, 2.05) is 0 Å². The summed E-state index contributed by atoms with van der Waals surface area (Å²) in [6, 6.07) is 13.7. The van der Waals surface area contributed by atoms with Gasteiger partial charge in [0.05, 0.1) is 32.5 Å². The Morgan fingerprint density at radius 1 is 0.774 bits per heavy atom. The van der Waals surface area contributed by atoms with E-state index in [1.54, 1.807) is 30.3 Å². The molecule has 0 aliphatic carbocycles. The molecule has 0 unspecified atom stereocenters. The summed E-state index contributed by atoms with van der Waals surface area (Å²) in [7, 11) is 4.54. The summed E-state index contributed by atoms with van der Waals surface area (Å²) in [4.78, 5) is 4.51. The Kier molecular flexibility index (Phi) is 5.22. The van der Waals surface area contributed by atoms with E-state index in [0.29, 0.717) is 50.9 Å². The van der Waals surface area contributed by atoms with Gasteiger partial charge in [-0.2, -0.15) is 13.2 Å². The molecule has 31 heavy (non-hydrogen) atoms. The summed E-state index contributed by atoms with van der Waals surface area (Å²) in [5.41, 5.74) is 2.32. The maximum Gasteiger partial charge on any atom is 0.416 e. The van der Waals surface area contributed by atoms with E-state index in [2.05, 4.69) is 4.98 Å². The van der Waals surface area contributed by atoms with Crippen LogP contribution in [0, 0.1) is 0 Å². The van der Waals surface area contributed by atoms with Gasteiger partial charge in [-0.05, 0) is 47.5 Å². The molecule has 160 valence electrons. The Balaban J connectivity index is 1.75. The zero-order valence-corrected chi connectivity index (χ0v) is 16.9. The molecule has 0 amide bonds. The van der Waals surface area contributed by atoms with Crippen molar-refractivity contribution in [2.45, 2.75) is 6.18 Å². The fraction of sp³-hybridized carbons (Fsp3) is 0.174. The summed E-state index contributed by atoms with van der Waals surface area (Å²) in [5.74, 6) is 1.65. The summed E-state index contributed by atoms with van der Waals surface area (Å²) in [6.07, 6.45) is -4.37. The van der Waals surface area contributed by atoms with E-state index in [-0.39, 0.29) is 0 Å². The lowest BCUT2D eigenvalue weighted by atomic mass is 10.0. The molecule has 0 spiro atoms. The molecular weight excluding hydrogens is 411 g/mol. The van der Waals surface area contributed by atoms with Crippen molar-refractivity contribution in [3.63, 3.8) is 0 Å². The lowest BCUT2D eigenvalue weighted by Crippen LogP contribution is -2.03. The van der Waals surface area contributed by atoms with Crippen molar-refractivity contribution in [2.75, 3.05) is 21.3 Å². The number of methoxy groups -OCH3 is 3. The van der Waals surface area contributed by atoms with Crippen molar-refractivity contribution in [1.29, 1.82) is 0 Å². The molecule has 0 bridgehead atoms. The van der Waals surface area contributed by atoms with Gasteiger partial charge in [0.1, 0.15) is 5.52 Å². The number of hydrogen-bond donors (Lipinski definition) is 0. The van der Waals surface area contributed by atoms with E-state index >= 15 is 0 Å². The molecule has 0 saturated heterocycles. The zero-order valence-electron chi connectivity index (χ0n) is 16.9. The maximum atomic E-state index is 12.8. The Morgan fingerprint density at radius 3 is 2.06 bits per heavy atom. The molecule has 0 fully saturated rings. The second-order valence-corrected chi connectivity index (χ2v) is 6.66. The quantitative estimate of drug-likeness (QED) is 0.378. The molecule has 5 nitrogen and oxygen atoms in total. The molecular formula is C23H18F3NO4. The van der Waals surface area contributed by atoms with Gasteiger partial charge in [-0.1, -0.05) is 18.2 Å². The monoisotopic (exact) mass is 429 g/mol. The van der Waals surface area contributed by atoms with E-state index in [1.165, 1.54) is 33.5 Å². The van der Waals surface area contributed by atoms with Crippen LogP contribution in [0.1, 0.15) is 5.56 Å². The number of rotatable bonds is 5. The van der Waals surface area contributed by atoms with Crippen LogP contribution in [0.5, 0.6) is 17.2 Å². The van der Waals surface area contributed by atoms with Crippen LogP contribution in [-0.2, 0) is 6.18 Å². The maximum absolute atomic E-state index is 12.8. The van der Waals surface area contributed by atoms with Crippen LogP contribution >= 0.6 is 0 Å². The van der Waals surface area contributed by atoms with Crippen LogP contribution in [0.25, 0.3) is 33.7 Å². The summed E-state index contributed by atoms with van der Waals surface area (Å²) < 4.78 is 60.6. The van der Waals surface area contributed by atoms with E-state index in [9.17, 15) is 13.2 Å². The molecule has 4 rings (SSSR count). The first-order valence-electron chi connectivity index (χ1n) is 9.23. The normalized spacial score (nSPS) is 11.5. The average Bonchev–Trinajstić information content (AvgIpc) is 3.20. The second-order valence-electron chi connectivity index (χ2n) is 6.66. The van der Waals surface area contributed by atoms with Gasteiger partial charge >= 0.3 is 6.18 Å². The average molecular weight is 429 g/mol. The molecule has 4 aromatic rings. The summed E-state index contributed by atoms with van der Waals surface area (Å²) >= 11 is 0. The van der Waals surface area contributed by atoms with Crippen LogP contribution < -0.4 is 14.2 Å². The molecule has 0 aliphatic heterocycles. The number of alkyl halides is 3. The highest BCUT2D eigenvalue weighted by Crippen LogP contribution is 2.44. The predicted molar refractivity (Wildman–Crippen MR) is 110 cm³/mol. The van der Waals surface area contributed by atoms with Gasteiger partial charge in [-0.3, -0.25) is 0 Å². The lowest BCUT2D eigenvalue weighted by Gasteiger charge is -2.13. The Bertz CT molecular complexity index is 1230. The predicted octanol–water partition coefficient (Wildman–Crippen LogP) is 6.21. The zero-order chi connectivity index (χ0) is 22.2. The fourth-order valence-electron chi connectivity index (χ4n) is 3.34. The standard InChI is InChI=1S/C23H18F3NO4/c1-28-18-11-9-16(20(29-2)21(18)30-3)22-27-17-10-6-14(12-19(17)31-22)13-4-7-15(8-5-13)23(24,25)26/h4-12H,1-3H3. The number of oxazole rings is 1. The smallest absolute Gasteiger partial charge is 0.416 e. The van der Waals surface area contributed by atoms with Gasteiger partial charge in [0, 0.05) is 0 Å². The van der Waals surface area contributed by atoms with Crippen molar-refractivity contribution >= 4 is 11.1 Å². The largest absolute Gasteiger partial charge is 0.493 e.